The van der Waals surface area contributed by atoms with Crippen LogP contribution in [0.15, 0.2) is 22.5 Å². The van der Waals surface area contributed by atoms with E-state index in [0.29, 0.717) is 30.3 Å². The van der Waals surface area contributed by atoms with Gasteiger partial charge in [-0.3, -0.25) is 9.59 Å². The monoisotopic (exact) mass is 364 g/mol. The van der Waals surface area contributed by atoms with Crippen LogP contribution >= 0.6 is 23.1 Å². The van der Waals surface area contributed by atoms with Crippen molar-refractivity contribution in [1.29, 1.82) is 0 Å². The first-order valence-electron chi connectivity index (χ1n) is 7.31. The molecule has 1 aromatic heterocycles. The average molecular weight is 364 g/mol. The lowest BCUT2D eigenvalue weighted by molar-refractivity contribution is -0.115. The maximum atomic E-state index is 12.3. The molecule has 1 aromatic carbocycles. The van der Waals surface area contributed by atoms with E-state index in [1.54, 1.807) is 25.3 Å². The molecule has 24 heavy (non-hydrogen) atoms. The molecule has 0 saturated carbocycles. The molecule has 0 spiro atoms. The first-order chi connectivity index (χ1) is 11.7. The zero-order chi connectivity index (χ0) is 16.9. The Hall–Kier alpha value is -1.97. The lowest BCUT2D eigenvalue weighted by Crippen LogP contribution is -2.06. The standard InChI is InChI=1S/C15H16N4O3S2/c1-22-5-4-16-14-18-19-15(24-14)23-8-12(20)9-2-3-11-10(6-9)7-13(21)17-11/h2-3,6H,4-5,7-8H2,1H3,(H,16,18)(H,17,21). The Bertz CT molecular complexity index is 763. The third-order valence-corrected chi connectivity index (χ3v) is 5.38. The van der Waals surface area contributed by atoms with Gasteiger partial charge < -0.3 is 15.4 Å². The van der Waals surface area contributed by atoms with E-state index in [0.717, 1.165) is 15.6 Å². The molecule has 0 fully saturated rings. The number of ether oxygens (including phenoxy) is 1. The van der Waals surface area contributed by atoms with Crippen molar-refractivity contribution >= 4 is 45.6 Å². The van der Waals surface area contributed by atoms with E-state index >= 15 is 0 Å². The first-order valence-corrected chi connectivity index (χ1v) is 9.11. The molecule has 0 radical (unpaired) electrons. The summed E-state index contributed by atoms with van der Waals surface area (Å²) in [5.74, 6) is 0.255. The molecule has 1 aliphatic heterocycles. The first kappa shape index (κ1) is 16.9. The second-order valence-corrected chi connectivity index (χ2v) is 7.30. The van der Waals surface area contributed by atoms with E-state index in [1.165, 1.54) is 23.1 Å². The molecule has 2 aromatic rings. The Balaban J connectivity index is 1.54. The number of ketones is 1. The van der Waals surface area contributed by atoms with E-state index in [-0.39, 0.29) is 17.4 Å². The van der Waals surface area contributed by atoms with Crippen LogP contribution in [0.1, 0.15) is 15.9 Å². The predicted molar refractivity (Wildman–Crippen MR) is 94.1 cm³/mol. The van der Waals surface area contributed by atoms with Gasteiger partial charge in [0.25, 0.3) is 0 Å². The molecular formula is C15H16N4O3S2. The number of aromatic nitrogens is 2. The molecule has 2 N–H and O–H groups in total. The van der Waals surface area contributed by atoms with Gasteiger partial charge in [-0.15, -0.1) is 10.2 Å². The van der Waals surface area contributed by atoms with Crippen LogP contribution < -0.4 is 10.6 Å². The summed E-state index contributed by atoms with van der Waals surface area (Å²) < 4.78 is 5.69. The molecule has 0 aliphatic carbocycles. The summed E-state index contributed by atoms with van der Waals surface area (Å²) in [7, 11) is 1.64. The second kappa shape index (κ2) is 7.73. The minimum Gasteiger partial charge on any atom is -0.383 e. The van der Waals surface area contributed by atoms with Gasteiger partial charge in [-0.25, -0.2) is 0 Å². The Labute approximate surface area is 147 Å². The molecule has 0 saturated heterocycles. The lowest BCUT2D eigenvalue weighted by Gasteiger charge is -2.02. The summed E-state index contributed by atoms with van der Waals surface area (Å²) in [5, 5.41) is 14.6. The van der Waals surface area contributed by atoms with E-state index < -0.39 is 0 Å². The number of anilines is 2. The van der Waals surface area contributed by atoms with Gasteiger partial charge in [0.1, 0.15) is 0 Å². The van der Waals surface area contributed by atoms with Crippen LogP contribution in [0.3, 0.4) is 0 Å². The SMILES string of the molecule is COCCNc1nnc(SCC(=O)c2ccc3c(c2)CC(=O)N3)s1. The Morgan fingerprint density at radius 1 is 1.46 bits per heavy atom. The number of hydrogen-bond acceptors (Lipinski definition) is 8. The van der Waals surface area contributed by atoms with Crippen LogP contribution in [0.25, 0.3) is 0 Å². The van der Waals surface area contributed by atoms with E-state index in [4.69, 9.17) is 4.74 Å². The highest BCUT2D eigenvalue weighted by molar-refractivity contribution is 8.01. The number of benzene rings is 1. The number of carbonyl (C=O) groups is 2. The third kappa shape index (κ3) is 4.11. The van der Waals surface area contributed by atoms with E-state index in [9.17, 15) is 9.59 Å². The van der Waals surface area contributed by atoms with Gasteiger partial charge in [0, 0.05) is 24.9 Å². The van der Waals surface area contributed by atoms with Crippen LogP contribution in [0.4, 0.5) is 10.8 Å². The summed E-state index contributed by atoms with van der Waals surface area (Å²) in [4.78, 5) is 23.7. The number of Topliss-reactive ketones (excluding diaryl/α,β-unsaturated/α-hetero) is 1. The number of carbonyl (C=O) groups excluding carboxylic acids is 2. The highest BCUT2D eigenvalue weighted by atomic mass is 32.2. The Kier molecular flexibility index (Phi) is 5.44. The van der Waals surface area contributed by atoms with Gasteiger partial charge in [-0.05, 0) is 23.8 Å². The maximum absolute atomic E-state index is 12.3. The zero-order valence-corrected chi connectivity index (χ0v) is 14.6. The number of nitrogens with one attached hydrogen (secondary N) is 2. The van der Waals surface area contributed by atoms with Crippen molar-refractivity contribution in [3.8, 4) is 0 Å². The summed E-state index contributed by atoms with van der Waals surface area (Å²) >= 11 is 2.77. The van der Waals surface area contributed by atoms with E-state index in [2.05, 4.69) is 20.8 Å². The van der Waals surface area contributed by atoms with Gasteiger partial charge in [0.15, 0.2) is 10.1 Å². The average Bonchev–Trinajstić information content (AvgIpc) is 3.17. The largest absolute Gasteiger partial charge is 0.383 e. The summed E-state index contributed by atoms with van der Waals surface area (Å²) in [6, 6.07) is 5.31. The van der Waals surface area contributed by atoms with Gasteiger partial charge in [-0.1, -0.05) is 23.1 Å². The molecule has 0 unspecified atom stereocenters. The summed E-state index contributed by atoms with van der Waals surface area (Å²) in [6.07, 6.45) is 0.330. The molecule has 3 rings (SSSR count). The number of thioether (sulfide) groups is 1. The second-order valence-electron chi connectivity index (χ2n) is 5.10. The van der Waals surface area contributed by atoms with Crippen molar-refractivity contribution in [3.05, 3.63) is 29.3 Å². The molecule has 2 heterocycles. The molecule has 126 valence electrons. The number of fused-ring (bicyclic) bond motifs is 1. The lowest BCUT2D eigenvalue weighted by atomic mass is 10.1. The molecule has 7 nitrogen and oxygen atoms in total. The summed E-state index contributed by atoms with van der Waals surface area (Å²) in [6.45, 7) is 1.26. The van der Waals surface area contributed by atoms with Crippen molar-refractivity contribution in [2.24, 2.45) is 0 Å². The minimum absolute atomic E-state index is 0.00578. The van der Waals surface area contributed by atoms with Gasteiger partial charge in [0.05, 0.1) is 18.8 Å². The maximum Gasteiger partial charge on any atom is 0.228 e. The Morgan fingerprint density at radius 3 is 3.17 bits per heavy atom. The number of nitrogens with zero attached hydrogens (tertiary/aromatic N) is 2. The minimum atomic E-state index is -0.0358. The quantitative estimate of drug-likeness (QED) is 0.421. The fourth-order valence-corrected chi connectivity index (χ4v) is 3.88. The molecule has 0 atom stereocenters. The van der Waals surface area contributed by atoms with Gasteiger partial charge >= 0.3 is 0 Å². The predicted octanol–water partition coefficient (Wildman–Crippen LogP) is 2.07. The number of methoxy groups -OCH3 is 1. The van der Waals surface area contributed by atoms with Gasteiger partial charge in [-0.2, -0.15) is 0 Å². The zero-order valence-electron chi connectivity index (χ0n) is 13.0. The van der Waals surface area contributed by atoms with Crippen LogP contribution in [-0.4, -0.2) is 47.9 Å². The Morgan fingerprint density at radius 2 is 2.33 bits per heavy atom. The normalized spacial score (nSPS) is 12.8. The van der Waals surface area contributed by atoms with Crippen molar-refractivity contribution in [1.82, 2.24) is 10.2 Å². The highest BCUT2D eigenvalue weighted by Crippen LogP contribution is 2.28. The summed E-state index contributed by atoms with van der Waals surface area (Å²) in [5.41, 5.74) is 2.28. The van der Waals surface area contributed by atoms with Crippen molar-refractivity contribution in [2.45, 2.75) is 10.8 Å². The van der Waals surface area contributed by atoms with Crippen LogP contribution in [-0.2, 0) is 16.0 Å². The fraction of sp³-hybridized carbons (Fsp3) is 0.333. The molecular weight excluding hydrogens is 348 g/mol. The van der Waals surface area contributed by atoms with E-state index in [1.807, 2.05) is 0 Å². The third-order valence-electron chi connectivity index (χ3n) is 3.37. The van der Waals surface area contributed by atoms with Gasteiger partial charge in [0.2, 0.25) is 11.0 Å². The highest BCUT2D eigenvalue weighted by Gasteiger charge is 2.19. The smallest absolute Gasteiger partial charge is 0.228 e. The van der Waals surface area contributed by atoms with Crippen molar-refractivity contribution < 1.29 is 14.3 Å². The van der Waals surface area contributed by atoms with Crippen LogP contribution in [0.5, 0.6) is 0 Å². The molecule has 9 heteroatoms. The number of amides is 1. The fourth-order valence-electron chi connectivity index (χ4n) is 2.21. The van der Waals surface area contributed by atoms with Crippen LogP contribution in [0, 0.1) is 0 Å². The molecule has 1 aliphatic rings. The number of rotatable bonds is 8. The molecule has 0 bridgehead atoms. The number of hydrogen-bond donors (Lipinski definition) is 2. The van der Waals surface area contributed by atoms with Crippen molar-refractivity contribution in [2.75, 3.05) is 36.6 Å². The topological polar surface area (TPSA) is 93.2 Å². The van der Waals surface area contributed by atoms with Crippen molar-refractivity contribution in [3.63, 3.8) is 0 Å². The molecule has 1 amide bonds. The van der Waals surface area contributed by atoms with Crippen LogP contribution in [0.2, 0.25) is 0 Å².